The summed E-state index contributed by atoms with van der Waals surface area (Å²) in [5, 5.41) is 4.00. The summed E-state index contributed by atoms with van der Waals surface area (Å²) in [5.74, 6) is 0.864. The number of hydrogen-bond acceptors (Lipinski definition) is 3. The molecule has 3 rings (SSSR count). The quantitative estimate of drug-likeness (QED) is 0.841. The molecule has 1 aromatic carbocycles. The third-order valence-electron chi connectivity index (χ3n) is 3.98. The zero-order valence-corrected chi connectivity index (χ0v) is 14.8. The molecule has 120 valence electrons. The van der Waals surface area contributed by atoms with Crippen molar-refractivity contribution in [3.8, 4) is 0 Å². The van der Waals surface area contributed by atoms with Crippen LogP contribution in [0.3, 0.4) is 0 Å². The maximum atomic E-state index is 12.8. The predicted molar refractivity (Wildman–Crippen MR) is 96.7 cm³/mol. The first kappa shape index (κ1) is 15.9. The number of carbonyl (C=O) groups is 1. The number of fused-ring (bicyclic) bond motifs is 1. The molecule has 1 aromatic heterocycles. The summed E-state index contributed by atoms with van der Waals surface area (Å²) in [6.45, 7) is 8.75. The summed E-state index contributed by atoms with van der Waals surface area (Å²) < 4.78 is 0. The molecule has 2 amide bonds. The Balaban J connectivity index is 1.92. The third kappa shape index (κ3) is 3.20. The van der Waals surface area contributed by atoms with Gasteiger partial charge >= 0.3 is 6.03 Å². The molecule has 1 aliphatic rings. The van der Waals surface area contributed by atoms with Gasteiger partial charge in [0.15, 0.2) is 0 Å². The van der Waals surface area contributed by atoms with Gasteiger partial charge in [0.25, 0.3) is 0 Å². The highest BCUT2D eigenvalue weighted by Crippen LogP contribution is 2.36. The average Bonchev–Trinajstić information content (AvgIpc) is 2.50. The topological polar surface area (TPSA) is 45.2 Å². The Hall–Kier alpha value is -2.01. The van der Waals surface area contributed by atoms with Crippen LogP contribution >= 0.6 is 11.8 Å². The highest BCUT2D eigenvalue weighted by atomic mass is 32.2. The lowest BCUT2D eigenvalue weighted by Gasteiger charge is -2.30. The minimum Gasteiger partial charge on any atom is -0.307 e. The van der Waals surface area contributed by atoms with Gasteiger partial charge in [-0.05, 0) is 56.5 Å². The van der Waals surface area contributed by atoms with E-state index in [1.165, 1.54) is 0 Å². The first-order chi connectivity index (χ1) is 11.0. The average molecular weight is 327 g/mol. The summed E-state index contributed by atoms with van der Waals surface area (Å²) in [4.78, 5) is 19.2. The van der Waals surface area contributed by atoms with E-state index in [1.807, 2.05) is 50.8 Å². The van der Waals surface area contributed by atoms with Gasteiger partial charge in [-0.25, -0.2) is 9.78 Å². The number of nitrogens with one attached hydrogen (secondary N) is 1. The van der Waals surface area contributed by atoms with E-state index in [4.69, 9.17) is 0 Å². The monoisotopic (exact) mass is 327 g/mol. The summed E-state index contributed by atoms with van der Waals surface area (Å²) in [5.41, 5.74) is 6.09. The van der Waals surface area contributed by atoms with Gasteiger partial charge in [0.2, 0.25) is 0 Å². The summed E-state index contributed by atoms with van der Waals surface area (Å²) in [7, 11) is 0. The van der Waals surface area contributed by atoms with Crippen molar-refractivity contribution < 1.29 is 4.79 Å². The number of carbonyl (C=O) groups excluding carboxylic acids is 1. The van der Waals surface area contributed by atoms with Crippen LogP contribution in [0.15, 0.2) is 29.3 Å². The Kier molecular flexibility index (Phi) is 4.31. The standard InChI is InChI=1S/C18H21N3OS/c1-11-5-6-12(2)15(9-11)20-18(22)21-7-8-23-17-16(21)13(3)10-14(4)19-17/h5-6,9-10H,7-8H2,1-4H3,(H,20,22). The van der Waals surface area contributed by atoms with Crippen LogP contribution in [0.4, 0.5) is 16.2 Å². The van der Waals surface area contributed by atoms with Crippen molar-refractivity contribution in [3.63, 3.8) is 0 Å². The Bertz CT molecular complexity index is 773. The number of aryl methyl sites for hydroxylation is 4. The molecule has 4 nitrogen and oxygen atoms in total. The van der Waals surface area contributed by atoms with Crippen LogP contribution in [0.1, 0.15) is 22.4 Å². The first-order valence-electron chi connectivity index (χ1n) is 7.72. The van der Waals surface area contributed by atoms with E-state index in [-0.39, 0.29) is 6.03 Å². The number of urea groups is 1. The highest BCUT2D eigenvalue weighted by Gasteiger charge is 2.26. The number of pyridine rings is 1. The van der Waals surface area contributed by atoms with E-state index >= 15 is 0 Å². The molecule has 5 heteroatoms. The Morgan fingerprint density at radius 2 is 1.96 bits per heavy atom. The van der Waals surface area contributed by atoms with Crippen LogP contribution < -0.4 is 10.2 Å². The van der Waals surface area contributed by atoms with Crippen molar-refractivity contribution in [1.29, 1.82) is 0 Å². The van der Waals surface area contributed by atoms with Gasteiger partial charge in [-0.1, -0.05) is 12.1 Å². The van der Waals surface area contributed by atoms with Gasteiger partial charge in [-0.3, -0.25) is 4.90 Å². The number of aromatic nitrogens is 1. The number of nitrogens with zero attached hydrogens (tertiary/aromatic N) is 2. The molecule has 0 aliphatic carbocycles. The maximum Gasteiger partial charge on any atom is 0.326 e. The van der Waals surface area contributed by atoms with E-state index < -0.39 is 0 Å². The van der Waals surface area contributed by atoms with Crippen LogP contribution in [-0.4, -0.2) is 23.3 Å². The molecule has 2 aromatic rings. The molecule has 0 fully saturated rings. The van der Waals surface area contributed by atoms with Crippen molar-refractivity contribution in [1.82, 2.24) is 4.98 Å². The zero-order valence-electron chi connectivity index (χ0n) is 13.9. The molecule has 0 atom stereocenters. The normalized spacial score (nSPS) is 13.7. The van der Waals surface area contributed by atoms with Gasteiger partial charge < -0.3 is 5.32 Å². The lowest BCUT2D eigenvalue weighted by molar-refractivity contribution is 0.257. The molecule has 0 unspecified atom stereocenters. The lowest BCUT2D eigenvalue weighted by Crippen LogP contribution is -2.39. The van der Waals surface area contributed by atoms with Crippen LogP contribution in [0.25, 0.3) is 0 Å². The first-order valence-corrected chi connectivity index (χ1v) is 8.71. The van der Waals surface area contributed by atoms with Crippen LogP contribution in [0.5, 0.6) is 0 Å². The minimum absolute atomic E-state index is 0.0889. The van der Waals surface area contributed by atoms with Gasteiger partial charge in [0.05, 0.1) is 5.69 Å². The summed E-state index contributed by atoms with van der Waals surface area (Å²) in [6, 6.07) is 8.03. The van der Waals surface area contributed by atoms with Crippen LogP contribution in [-0.2, 0) is 0 Å². The van der Waals surface area contributed by atoms with E-state index in [2.05, 4.69) is 16.4 Å². The second kappa shape index (κ2) is 6.24. The van der Waals surface area contributed by atoms with E-state index in [0.29, 0.717) is 6.54 Å². The smallest absolute Gasteiger partial charge is 0.307 e. The second-order valence-electron chi connectivity index (χ2n) is 5.98. The van der Waals surface area contributed by atoms with Crippen molar-refractivity contribution in [2.24, 2.45) is 0 Å². The Morgan fingerprint density at radius 1 is 1.17 bits per heavy atom. The molecular weight excluding hydrogens is 306 g/mol. The van der Waals surface area contributed by atoms with Crippen molar-refractivity contribution in [3.05, 3.63) is 46.6 Å². The Labute approximate surface area is 141 Å². The van der Waals surface area contributed by atoms with E-state index in [9.17, 15) is 4.79 Å². The molecule has 1 N–H and O–H groups in total. The number of thioether (sulfide) groups is 1. The number of hydrogen-bond donors (Lipinski definition) is 1. The van der Waals surface area contributed by atoms with E-state index in [0.717, 1.165) is 44.5 Å². The number of anilines is 2. The minimum atomic E-state index is -0.0889. The third-order valence-corrected chi connectivity index (χ3v) is 4.93. The second-order valence-corrected chi connectivity index (χ2v) is 7.07. The molecule has 0 saturated carbocycles. The fourth-order valence-corrected chi connectivity index (χ4v) is 3.91. The van der Waals surface area contributed by atoms with Crippen molar-refractivity contribution in [2.45, 2.75) is 32.7 Å². The summed E-state index contributed by atoms with van der Waals surface area (Å²) >= 11 is 1.72. The van der Waals surface area contributed by atoms with Crippen molar-refractivity contribution in [2.75, 3.05) is 22.5 Å². The Morgan fingerprint density at radius 3 is 2.74 bits per heavy atom. The number of amides is 2. The van der Waals surface area contributed by atoms with Gasteiger partial charge in [-0.15, -0.1) is 11.8 Å². The van der Waals surface area contributed by atoms with Gasteiger partial charge in [0.1, 0.15) is 5.03 Å². The van der Waals surface area contributed by atoms with Crippen LogP contribution in [0.2, 0.25) is 0 Å². The fourth-order valence-electron chi connectivity index (χ4n) is 2.83. The molecule has 23 heavy (non-hydrogen) atoms. The largest absolute Gasteiger partial charge is 0.326 e. The molecule has 2 heterocycles. The van der Waals surface area contributed by atoms with Gasteiger partial charge in [0, 0.05) is 23.7 Å². The molecule has 0 radical (unpaired) electrons. The van der Waals surface area contributed by atoms with Crippen LogP contribution in [0, 0.1) is 27.7 Å². The molecule has 0 bridgehead atoms. The maximum absolute atomic E-state index is 12.8. The molecule has 0 spiro atoms. The number of rotatable bonds is 1. The zero-order chi connectivity index (χ0) is 16.6. The molecular formula is C18H21N3OS. The fraction of sp³-hybridized carbons (Fsp3) is 0.333. The van der Waals surface area contributed by atoms with Crippen molar-refractivity contribution >= 4 is 29.2 Å². The summed E-state index contributed by atoms with van der Waals surface area (Å²) in [6.07, 6.45) is 0. The predicted octanol–water partition coefficient (Wildman–Crippen LogP) is 4.46. The highest BCUT2D eigenvalue weighted by molar-refractivity contribution is 7.99. The van der Waals surface area contributed by atoms with E-state index in [1.54, 1.807) is 11.8 Å². The molecule has 0 saturated heterocycles. The lowest BCUT2D eigenvalue weighted by atomic mass is 10.1. The van der Waals surface area contributed by atoms with Gasteiger partial charge in [-0.2, -0.15) is 0 Å². The SMILES string of the molecule is Cc1ccc(C)c(NC(=O)N2CCSc3nc(C)cc(C)c32)c1. The molecule has 1 aliphatic heterocycles. The number of benzene rings is 1.